The Morgan fingerprint density at radius 2 is 2.22 bits per heavy atom. The van der Waals surface area contributed by atoms with Gasteiger partial charge in [-0.3, -0.25) is 0 Å². The van der Waals surface area contributed by atoms with Gasteiger partial charge in [0, 0.05) is 26.4 Å². The van der Waals surface area contributed by atoms with Gasteiger partial charge in [0.2, 0.25) is 0 Å². The number of thiophene rings is 1. The van der Waals surface area contributed by atoms with E-state index in [2.05, 4.69) is 15.9 Å². The average Bonchev–Trinajstić information content (AvgIpc) is 2.72. The number of ether oxygens (including phenoxy) is 1. The minimum atomic E-state index is -0.813. The molecule has 0 saturated heterocycles. The van der Waals surface area contributed by atoms with Crippen molar-refractivity contribution < 1.29 is 14.2 Å². The minimum Gasteiger partial charge on any atom is -0.488 e. The van der Waals surface area contributed by atoms with Crippen LogP contribution in [-0.2, 0) is 6.61 Å². The first-order chi connectivity index (χ1) is 8.56. The Morgan fingerprint density at radius 3 is 2.78 bits per heavy atom. The van der Waals surface area contributed by atoms with Gasteiger partial charge >= 0.3 is 0 Å². The van der Waals surface area contributed by atoms with E-state index in [9.17, 15) is 9.50 Å². The largest absolute Gasteiger partial charge is 0.488 e. The predicted octanol–water partition coefficient (Wildman–Crippen LogP) is 4.28. The highest BCUT2D eigenvalue weighted by atomic mass is 79.9. The van der Waals surface area contributed by atoms with E-state index in [4.69, 9.17) is 4.74 Å². The maximum atomic E-state index is 13.6. The van der Waals surface area contributed by atoms with Crippen LogP contribution < -0.4 is 4.74 Å². The Morgan fingerprint density at radius 1 is 1.44 bits per heavy atom. The molecule has 0 amide bonds. The van der Waals surface area contributed by atoms with Gasteiger partial charge in [-0.1, -0.05) is 0 Å². The van der Waals surface area contributed by atoms with Crippen LogP contribution >= 0.6 is 27.3 Å². The van der Waals surface area contributed by atoms with Crippen molar-refractivity contribution in [2.45, 2.75) is 19.6 Å². The summed E-state index contributed by atoms with van der Waals surface area (Å²) in [6, 6.07) is 6.46. The van der Waals surface area contributed by atoms with E-state index < -0.39 is 11.9 Å². The maximum Gasteiger partial charge on any atom is 0.132 e. The number of hydrogen-bond donors (Lipinski definition) is 1. The van der Waals surface area contributed by atoms with Crippen LogP contribution in [0.5, 0.6) is 5.75 Å². The Hall–Kier alpha value is -0.910. The molecule has 0 aliphatic heterocycles. The van der Waals surface area contributed by atoms with Gasteiger partial charge in [0.15, 0.2) is 0 Å². The monoisotopic (exact) mass is 330 g/mol. The SMILES string of the molecule is CC(O)c1ccc(OCc2cc(Br)cs2)cc1F. The van der Waals surface area contributed by atoms with Crippen LogP contribution in [0.4, 0.5) is 4.39 Å². The molecule has 1 unspecified atom stereocenters. The predicted molar refractivity (Wildman–Crippen MR) is 73.4 cm³/mol. The lowest BCUT2D eigenvalue weighted by Crippen LogP contribution is -1.98. The fourth-order valence-electron chi connectivity index (χ4n) is 1.52. The molecule has 96 valence electrons. The molecule has 0 aliphatic carbocycles. The van der Waals surface area contributed by atoms with Gasteiger partial charge in [0.1, 0.15) is 18.2 Å². The van der Waals surface area contributed by atoms with E-state index in [0.717, 1.165) is 9.35 Å². The van der Waals surface area contributed by atoms with Gasteiger partial charge in [0.05, 0.1) is 6.10 Å². The molecule has 18 heavy (non-hydrogen) atoms. The van der Waals surface area contributed by atoms with Gasteiger partial charge in [-0.25, -0.2) is 4.39 Å². The van der Waals surface area contributed by atoms with Crippen LogP contribution in [-0.4, -0.2) is 5.11 Å². The van der Waals surface area contributed by atoms with Crippen molar-refractivity contribution in [1.29, 1.82) is 0 Å². The maximum absolute atomic E-state index is 13.6. The first-order valence-electron chi connectivity index (χ1n) is 5.39. The quantitative estimate of drug-likeness (QED) is 0.906. The second-order valence-corrected chi connectivity index (χ2v) is 5.79. The van der Waals surface area contributed by atoms with Gasteiger partial charge in [0.25, 0.3) is 0 Å². The molecule has 0 saturated carbocycles. The third-order valence-electron chi connectivity index (χ3n) is 2.42. The third-order valence-corrected chi connectivity index (χ3v) is 4.10. The highest BCUT2D eigenvalue weighted by molar-refractivity contribution is 9.10. The van der Waals surface area contributed by atoms with Crippen molar-refractivity contribution in [3.8, 4) is 5.75 Å². The molecule has 0 spiro atoms. The van der Waals surface area contributed by atoms with Crippen LogP contribution in [0, 0.1) is 5.82 Å². The summed E-state index contributed by atoms with van der Waals surface area (Å²) in [5, 5.41) is 11.3. The van der Waals surface area contributed by atoms with E-state index in [1.54, 1.807) is 23.5 Å². The normalized spacial score (nSPS) is 12.4. The molecule has 0 radical (unpaired) electrons. The molecule has 2 rings (SSSR count). The molecule has 1 heterocycles. The molecule has 0 fully saturated rings. The summed E-state index contributed by atoms with van der Waals surface area (Å²) in [5.41, 5.74) is 0.279. The Labute approximate surface area is 117 Å². The summed E-state index contributed by atoms with van der Waals surface area (Å²) in [5.74, 6) is 0.0104. The summed E-state index contributed by atoms with van der Waals surface area (Å²) in [6.07, 6.45) is -0.813. The Bertz CT molecular complexity index is 540. The molecule has 0 bridgehead atoms. The van der Waals surface area contributed by atoms with Crippen molar-refractivity contribution in [3.63, 3.8) is 0 Å². The fourth-order valence-corrected chi connectivity index (χ4v) is 2.88. The van der Waals surface area contributed by atoms with E-state index in [-0.39, 0.29) is 5.56 Å². The lowest BCUT2D eigenvalue weighted by atomic mass is 10.1. The number of aliphatic hydroxyl groups excluding tert-OH is 1. The van der Waals surface area contributed by atoms with Crippen molar-refractivity contribution in [2.24, 2.45) is 0 Å². The molecular weight excluding hydrogens is 319 g/mol. The summed E-state index contributed by atoms with van der Waals surface area (Å²) in [7, 11) is 0. The summed E-state index contributed by atoms with van der Waals surface area (Å²) < 4.78 is 20.1. The summed E-state index contributed by atoms with van der Waals surface area (Å²) >= 11 is 4.94. The van der Waals surface area contributed by atoms with Gasteiger partial charge in [-0.15, -0.1) is 11.3 Å². The van der Waals surface area contributed by atoms with Crippen LogP contribution in [0.1, 0.15) is 23.5 Å². The molecule has 5 heteroatoms. The zero-order valence-corrected chi connectivity index (χ0v) is 12.1. The number of hydrogen-bond acceptors (Lipinski definition) is 3. The minimum absolute atomic E-state index is 0.279. The highest BCUT2D eigenvalue weighted by Gasteiger charge is 2.09. The van der Waals surface area contributed by atoms with Crippen LogP contribution in [0.3, 0.4) is 0 Å². The van der Waals surface area contributed by atoms with Crippen molar-refractivity contribution in [1.82, 2.24) is 0 Å². The van der Waals surface area contributed by atoms with E-state index >= 15 is 0 Å². The topological polar surface area (TPSA) is 29.5 Å². The van der Waals surface area contributed by atoms with Gasteiger partial charge < -0.3 is 9.84 Å². The van der Waals surface area contributed by atoms with Crippen molar-refractivity contribution in [2.75, 3.05) is 0 Å². The smallest absolute Gasteiger partial charge is 0.132 e. The molecular formula is C13H12BrFO2S. The molecule has 1 aromatic carbocycles. The molecule has 1 N–H and O–H groups in total. The second-order valence-electron chi connectivity index (χ2n) is 3.88. The molecule has 2 aromatic rings. The van der Waals surface area contributed by atoms with Gasteiger partial charge in [-0.05, 0) is 41.1 Å². The molecule has 1 aromatic heterocycles. The first kappa shape index (κ1) is 13.5. The zero-order chi connectivity index (χ0) is 13.1. The standard InChI is InChI=1S/C13H12BrFO2S/c1-8(16)12-3-2-10(5-13(12)15)17-6-11-4-9(14)7-18-11/h2-5,7-8,16H,6H2,1H3. The Kier molecular flexibility index (Phi) is 4.37. The molecule has 1 atom stereocenters. The molecule has 2 nitrogen and oxygen atoms in total. The lowest BCUT2D eigenvalue weighted by Gasteiger charge is -2.09. The first-order valence-corrected chi connectivity index (χ1v) is 7.07. The number of aliphatic hydroxyl groups is 1. The van der Waals surface area contributed by atoms with E-state index in [1.807, 2.05) is 11.4 Å². The average molecular weight is 331 g/mol. The number of rotatable bonds is 4. The zero-order valence-electron chi connectivity index (χ0n) is 9.69. The highest BCUT2D eigenvalue weighted by Crippen LogP contribution is 2.24. The van der Waals surface area contributed by atoms with Gasteiger partial charge in [-0.2, -0.15) is 0 Å². The van der Waals surface area contributed by atoms with Crippen LogP contribution in [0.25, 0.3) is 0 Å². The Balaban J connectivity index is 2.04. The third kappa shape index (κ3) is 3.31. The summed E-state index contributed by atoms with van der Waals surface area (Å²) in [4.78, 5) is 1.06. The lowest BCUT2D eigenvalue weighted by molar-refractivity contribution is 0.194. The number of halogens is 2. The number of benzene rings is 1. The van der Waals surface area contributed by atoms with E-state index in [0.29, 0.717) is 12.4 Å². The summed E-state index contributed by atoms with van der Waals surface area (Å²) in [6.45, 7) is 1.94. The van der Waals surface area contributed by atoms with E-state index in [1.165, 1.54) is 13.0 Å². The van der Waals surface area contributed by atoms with Crippen molar-refractivity contribution in [3.05, 3.63) is 50.4 Å². The van der Waals surface area contributed by atoms with Crippen molar-refractivity contribution >= 4 is 27.3 Å². The van der Waals surface area contributed by atoms with Crippen LogP contribution in [0.2, 0.25) is 0 Å². The fraction of sp³-hybridized carbons (Fsp3) is 0.231. The second kappa shape index (κ2) is 5.82. The molecule has 0 aliphatic rings. The van der Waals surface area contributed by atoms with Crippen LogP contribution in [0.15, 0.2) is 34.1 Å².